The number of fused-ring (bicyclic) bond motifs is 1. The van der Waals surface area contributed by atoms with Crippen molar-refractivity contribution in [2.24, 2.45) is 5.10 Å². The van der Waals surface area contributed by atoms with Gasteiger partial charge in [0.2, 0.25) is 0 Å². The van der Waals surface area contributed by atoms with Crippen LogP contribution in [0.5, 0.6) is 0 Å². The smallest absolute Gasteiger partial charge is 0.186 e. The average Bonchev–Trinajstić information content (AvgIpc) is 2.81. The highest BCUT2D eigenvalue weighted by Crippen LogP contribution is 2.16. The van der Waals surface area contributed by atoms with Crippen LogP contribution in [0.3, 0.4) is 0 Å². The van der Waals surface area contributed by atoms with Gasteiger partial charge in [0.05, 0.1) is 6.21 Å². The summed E-state index contributed by atoms with van der Waals surface area (Å²) in [5.74, 6) is 0. The van der Waals surface area contributed by atoms with Gasteiger partial charge in [-0.15, -0.1) is 0 Å². The maximum atomic E-state index is 5.33. The van der Waals surface area contributed by atoms with E-state index in [4.69, 9.17) is 12.2 Å². The second-order valence-electron chi connectivity index (χ2n) is 8.79. The molecule has 0 aliphatic rings. The van der Waals surface area contributed by atoms with Crippen molar-refractivity contribution in [2.45, 2.75) is 96.8 Å². The van der Waals surface area contributed by atoms with Gasteiger partial charge in [0.25, 0.3) is 0 Å². The highest BCUT2D eigenvalue weighted by atomic mass is 32.1. The van der Waals surface area contributed by atoms with Crippen molar-refractivity contribution in [2.75, 3.05) is 6.54 Å². The summed E-state index contributed by atoms with van der Waals surface area (Å²) in [6, 6.07) is 14.6. The van der Waals surface area contributed by atoms with Gasteiger partial charge in [0.15, 0.2) is 5.11 Å². The molecule has 0 aliphatic carbocycles. The average molecular weight is 454 g/mol. The van der Waals surface area contributed by atoms with E-state index in [0.29, 0.717) is 5.11 Å². The number of rotatable bonds is 17. The van der Waals surface area contributed by atoms with Gasteiger partial charge >= 0.3 is 0 Å². The van der Waals surface area contributed by atoms with Gasteiger partial charge < -0.3 is 5.32 Å². The molecule has 0 fully saturated rings. The van der Waals surface area contributed by atoms with Crippen molar-refractivity contribution in [1.29, 1.82) is 0 Å². The van der Waals surface area contributed by atoms with E-state index < -0.39 is 0 Å². The van der Waals surface area contributed by atoms with Crippen molar-refractivity contribution in [1.82, 2.24) is 10.7 Å². The van der Waals surface area contributed by atoms with Gasteiger partial charge in [-0.25, -0.2) is 0 Å². The first kappa shape index (κ1) is 26.3. The molecule has 2 aromatic carbocycles. The third kappa shape index (κ3) is 11.6. The molecule has 0 aliphatic heterocycles. The standard InChI is InChI=1S/C28H43N3S/c1-2-3-4-5-6-7-8-9-10-11-12-13-14-17-23-29-28(32)31-30-24-26-21-18-20-25-19-15-16-22-27(25)26/h15-16,18-22,24H,2-14,17,23H2,1H3,(H2,29,31,32)/b30-24-. The highest BCUT2D eigenvalue weighted by Gasteiger charge is 1.98. The van der Waals surface area contributed by atoms with Crippen LogP contribution in [-0.2, 0) is 0 Å². The Hall–Kier alpha value is -1.94. The molecular weight excluding hydrogens is 410 g/mol. The van der Waals surface area contributed by atoms with Crippen LogP contribution in [0.1, 0.15) is 102 Å². The maximum Gasteiger partial charge on any atom is 0.186 e. The first-order valence-corrected chi connectivity index (χ1v) is 13.3. The zero-order chi connectivity index (χ0) is 22.7. The van der Waals surface area contributed by atoms with E-state index in [2.05, 4.69) is 65.2 Å². The van der Waals surface area contributed by atoms with Gasteiger partial charge in [0, 0.05) is 12.1 Å². The minimum Gasteiger partial charge on any atom is -0.361 e. The van der Waals surface area contributed by atoms with E-state index in [0.717, 1.165) is 18.5 Å². The Morgan fingerprint density at radius 1 is 0.750 bits per heavy atom. The van der Waals surface area contributed by atoms with Crippen LogP contribution in [-0.4, -0.2) is 17.9 Å². The second kappa shape index (κ2) is 17.6. The summed E-state index contributed by atoms with van der Waals surface area (Å²) < 4.78 is 0. The molecule has 0 atom stereocenters. The van der Waals surface area contributed by atoms with Crippen LogP contribution in [0.4, 0.5) is 0 Å². The lowest BCUT2D eigenvalue weighted by atomic mass is 10.0. The van der Waals surface area contributed by atoms with Crippen LogP contribution in [0.25, 0.3) is 10.8 Å². The molecule has 2 N–H and O–H groups in total. The van der Waals surface area contributed by atoms with Crippen LogP contribution < -0.4 is 10.7 Å². The summed E-state index contributed by atoms with van der Waals surface area (Å²) in [6.07, 6.45) is 21.2. The van der Waals surface area contributed by atoms with Crippen molar-refractivity contribution < 1.29 is 0 Å². The Morgan fingerprint density at radius 3 is 1.97 bits per heavy atom. The van der Waals surface area contributed by atoms with Crippen LogP contribution in [0, 0.1) is 0 Å². The molecule has 0 heterocycles. The zero-order valence-electron chi connectivity index (χ0n) is 20.1. The third-order valence-electron chi connectivity index (χ3n) is 6.01. The van der Waals surface area contributed by atoms with E-state index >= 15 is 0 Å². The molecule has 176 valence electrons. The fourth-order valence-corrected chi connectivity index (χ4v) is 4.24. The molecule has 0 bridgehead atoms. The Balaban J connectivity index is 1.41. The molecule has 3 nitrogen and oxygen atoms in total. The van der Waals surface area contributed by atoms with Gasteiger partial charge in [-0.05, 0) is 29.4 Å². The summed E-state index contributed by atoms with van der Waals surface area (Å²) in [4.78, 5) is 0. The second-order valence-corrected chi connectivity index (χ2v) is 9.20. The largest absolute Gasteiger partial charge is 0.361 e. The Kier molecular flexibility index (Phi) is 14.5. The number of hydrogen-bond acceptors (Lipinski definition) is 2. The molecule has 2 rings (SSSR count). The highest BCUT2D eigenvalue weighted by molar-refractivity contribution is 7.80. The van der Waals surface area contributed by atoms with Gasteiger partial charge in [-0.1, -0.05) is 133 Å². The predicted octanol–water partition coefficient (Wildman–Crippen LogP) is 8.12. The maximum absolute atomic E-state index is 5.33. The van der Waals surface area contributed by atoms with Gasteiger partial charge in [0.1, 0.15) is 0 Å². The SMILES string of the molecule is CCCCCCCCCCCCCCCCNC(=S)N/N=C\c1cccc2ccccc12. The summed E-state index contributed by atoms with van der Waals surface area (Å²) >= 11 is 5.33. The van der Waals surface area contributed by atoms with E-state index in [9.17, 15) is 0 Å². The topological polar surface area (TPSA) is 36.4 Å². The van der Waals surface area contributed by atoms with Crippen molar-refractivity contribution in [3.63, 3.8) is 0 Å². The molecule has 0 unspecified atom stereocenters. The molecule has 2 aromatic rings. The number of nitrogens with one attached hydrogen (secondary N) is 2. The summed E-state index contributed by atoms with van der Waals surface area (Å²) in [5, 5.41) is 10.6. The Labute approximate surface area is 201 Å². The molecule has 32 heavy (non-hydrogen) atoms. The van der Waals surface area contributed by atoms with Crippen LogP contribution in [0.2, 0.25) is 0 Å². The zero-order valence-corrected chi connectivity index (χ0v) is 20.9. The van der Waals surface area contributed by atoms with E-state index in [1.54, 1.807) is 0 Å². The number of benzene rings is 2. The fourth-order valence-electron chi connectivity index (χ4n) is 4.08. The number of hydrogen-bond donors (Lipinski definition) is 2. The summed E-state index contributed by atoms with van der Waals surface area (Å²) in [5.41, 5.74) is 4.02. The summed E-state index contributed by atoms with van der Waals surface area (Å²) in [7, 11) is 0. The van der Waals surface area contributed by atoms with Crippen molar-refractivity contribution in [3.05, 3.63) is 48.0 Å². The van der Waals surface area contributed by atoms with E-state index in [1.165, 1.54) is 94.2 Å². The minimum atomic E-state index is 0.594. The Bertz CT molecular complexity index is 782. The molecule has 4 heteroatoms. The predicted molar refractivity (Wildman–Crippen MR) is 146 cm³/mol. The first-order chi connectivity index (χ1) is 15.8. The molecule has 0 amide bonds. The number of unbranched alkanes of at least 4 members (excludes halogenated alkanes) is 13. The molecule has 0 saturated carbocycles. The lowest BCUT2D eigenvalue weighted by Crippen LogP contribution is -2.32. The molecule has 0 saturated heterocycles. The fraction of sp³-hybridized carbons (Fsp3) is 0.571. The monoisotopic (exact) mass is 453 g/mol. The number of nitrogens with zero attached hydrogens (tertiary/aromatic N) is 1. The lowest BCUT2D eigenvalue weighted by Gasteiger charge is -2.07. The molecule has 0 spiro atoms. The Morgan fingerprint density at radius 2 is 1.31 bits per heavy atom. The molecule has 0 aromatic heterocycles. The first-order valence-electron chi connectivity index (χ1n) is 12.9. The lowest BCUT2D eigenvalue weighted by molar-refractivity contribution is 0.535. The number of hydrazone groups is 1. The van der Waals surface area contributed by atoms with E-state index in [-0.39, 0.29) is 0 Å². The summed E-state index contributed by atoms with van der Waals surface area (Å²) in [6.45, 7) is 3.20. The van der Waals surface area contributed by atoms with Crippen LogP contribution in [0.15, 0.2) is 47.6 Å². The molecule has 0 radical (unpaired) electrons. The quantitative estimate of drug-likeness (QED) is 0.110. The van der Waals surface area contributed by atoms with Crippen LogP contribution >= 0.6 is 12.2 Å². The number of thiocarbonyl (C=S) groups is 1. The normalized spacial score (nSPS) is 11.3. The van der Waals surface area contributed by atoms with Crippen molar-refractivity contribution in [3.8, 4) is 0 Å². The van der Waals surface area contributed by atoms with Crippen molar-refractivity contribution >= 4 is 34.3 Å². The van der Waals surface area contributed by atoms with Gasteiger partial charge in [-0.2, -0.15) is 5.10 Å². The van der Waals surface area contributed by atoms with Gasteiger partial charge in [-0.3, -0.25) is 5.43 Å². The van der Waals surface area contributed by atoms with E-state index in [1.807, 2.05) is 6.21 Å². The minimum absolute atomic E-state index is 0.594. The third-order valence-corrected chi connectivity index (χ3v) is 6.24. The molecular formula is C28H43N3S.